The topological polar surface area (TPSA) is 55.1 Å². The first-order valence-corrected chi connectivity index (χ1v) is 7.01. The Bertz CT molecular complexity index is 528. The number of nitrogens with two attached hydrogens (primary N) is 1. The van der Waals surface area contributed by atoms with Gasteiger partial charge >= 0.3 is 6.18 Å². The van der Waals surface area contributed by atoms with Crippen LogP contribution in [0.5, 0.6) is 0 Å². The molecular formula is C15H19F3N2O. The van der Waals surface area contributed by atoms with Crippen LogP contribution < -0.4 is 11.1 Å². The van der Waals surface area contributed by atoms with Gasteiger partial charge in [-0.05, 0) is 49.9 Å². The average Bonchev–Trinajstić information content (AvgIpc) is 2.41. The van der Waals surface area contributed by atoms with Gasteiger partial charge in [0.2, 0.25) is 5.91 Å². The molecule has 1 aromatic carbocycles. The van der Waals surface area contributed by atoms with Crippen LogP contribution in [0.3, 0.4) is 0 Å². The van der Waals surface area contributed by atoms with Gasteiger partial charge in [-0.2, -0.15) is 13.2 Å². The number of nitrogens with one attached hydrogen (secondary N) is 1. The van der Waals surface area contributed by atoms with E-state index in [9.17, 15) is 18.0 Å². The number of nitrogen functional groups attached to an aromatic ring is 1. The van der Waals surface area contributed by atoms with Gasteiger partial charge in [-0.1, -0.05) is 6.42 Å². The van der Waals surface area contributed by atoms with E-state index in [0.29, 0.717) is 24.2 Å². The number of anilines is 2. The first-order chi connectivity index (χ1) is 9.77. The van der Waals surface area contributed by atoms with Gasteiger partial charge in [0, 0.05) is 17.3 Å². The van der Waals surface area contributed by atoms with Crippen molar-refractivity contribution >= 4 is 17.3 Å². The standard InChI is InChI=1S/C15H19F3N2O/c1-9-7-12(19)5-6-13(9)20-14(21)10-3-2-4-11(8-10)15(16,17)18/h5-7,10-11H,2-4,8,19H2,1H3,(H,20,21). The summed E-state index contributed by atoms with van der Waals surface area (Å²) in [6, 6.07) is 5.05. The van der Waals surface area contributed by atoms with Gasteiger partial charge in [0.05, 0.1) is 5.92 Å². The van der Waals surface area contributed by atoms with Crippen molar-refractivity contribution in [1.29, 1.82) is 0 Å². The van der Waals surface area contributed by atoms with Crippen LogP contribution in [0.25, 0.3) is 0 Å². The molecule has 116 valence electrons. The van der Waals surface area contributed by atoms with Crippen LogP contribution in [0.4, 0.5) is 24.5 Å². The largest absolute Gasteiger partial charge is 0.399 e. The molecule has 1 saturated carbocycles. The molecule has 2 unspecified atom stereocenters. The molecule has 1 fully saturated rings. The van der Waals surface area contributed by atoms with Crippen molar-refractivity contribution in [2.45, 2.75) is 38.8 Å². The molecule has 21 heavy (non-hydrogen) atoms. The minimum Gasteiger partial charge on any atom is -0.399 e. The minimum absolute atomic E-state index is 0.119. The summed E-state index contributed by atoms with van der Waals surface area (Å²) in [5.74, 6) is -2.28. The van der Waals surface area contributed by atoms with Crippen molar-refractivity contribution in [2.24, 2.45) is 11.8 Å². The Hall–Kier alpha value is -1.72. The molecule has 2 rings (SSSR count). The van der Waals surface area contributed by atoms with Gasteiger partial charge in [0.25, 0.3) is 0 Å². The SMILES string of the molecule is Cc1cc(N)ccc1NC(=O)C1CCCC(C(F)(F)F)C1. The van der Waals surface area contributed by atoms with Crippen LogP contribution in [0, 0.1) is 18.8 Å². The number of hydrogen-bond donors (Lipinski definition) is 2. The van der Waals surface area contributed by atoms with Gasteiger partial charge in [-0.15, -0.1) is 0 Å². The number of carbonyl (C=O) groups excluding carboxylic acids is 1. The number of aryl methyl sites for hydroxylation is 1. The van der Waals surface area contributed by atoms with Crippen LogP contribution in [-0.4, -0.2) is 12.1 Å². The fraction of sp³-hybridized carbons (Fsp3) is 0.533. The lowest BCUT2D eigenvalue weighted by Gasteiger charge is -2.29. The lowest BCUT2D eigenvalue weighted by atomic mass is 9.80. The second-order valence-electron chi connectivity index (χ2n) is 5.67. The maximum absolute atomic E-state index is 12.8. The van der Waals surface area contributed by atoms with Crippen molar-refractivity contribution in [3.05, 3.63) is 23.8 Å². The van der Waals surface area contributed by atoms with E-state index in [0.717, 1.165) is 5.56 Å². The number of hydrogen-bond acceptors (Lipinski definition) is 2. The predicted octanol–water partition coefficient (Wildman–Crippen LogP) is 3.88. The van der Waals surface area contributed by atoms with E-state index in [1.807, 2.05) is 0 Å². The zero-order chi connectivity index (χ0) is 15.6. The van der Waals surface area contributed by atoms with E-state index in [-0.39, 0.29) is 18.7 Å². The Labute approximate surface area is 121 Å². The molecule has 3 N–H and O–H groups in total. The monoisotopic (exact) mass is 300 g/mol. The molecule has 0 aromatic heterocycles. The molecule has 1 amide bonds. The number of halogens is 3. The van der Waals surface area contributed by atoms with E-state index < -0.39 is 18.0 Å². The molecule has 0 saturated heterocycles. The Morgan fingerprint density at radius 3 is 2.67 bits per heavy atom. The third-order valence-corrected chi connectivity index (χ3v) is 4.02. The van der Waals surface area contributed by atoms with Gasteiger partial charge in [-0.25, -0.2) is 0 Å². The normalized spacial score (nSPS) is 22.9. The van der Waals surface area contributed by atoms with E-state index in [1.54, 1.807) is 25.1 Å². The zero-order valence-electron chi connectivity index (χ0n) is 11.8. The second-order valence-corrected chi connectivity index (χ2v) is 5.67. The van der Waals surface area contributed by atoms with E-state index in [2.05, 4.69) is 5.32 Å². The minimum atomic E-state index is -4.21. The van der Waals surface area contributed by atoms with Crippen molar-refractivity contribution in [2.75, 3.05) is 11.1 Å². The summed E-state index contributed by atoms with van der Waals surface area (Å²) < 4.78 is 38.3. The van der Waals surface area contributed by atoms with Crippen molar-refractivity contribution in [1.82, 2.24) is 0 Å². The van der Waals surface area contributed by atoms with E-state index in [1.165, 1.54) is 0 Å². The van der Waals surface area contributed by atoms with Crippen molar-refractivity contribution < 1.29 is 18.0 Å². The second kappa shape index (κ2) is 5.95. The van der Waals surface area contributed by atoms with Crippen LogP contribution in [0.2, 0.25) is 0 Å². The average molecular weight is 300 g/mol. The van der Waals surface area contributed by atoms with E-state index >= 15 is 0 Å². The summed E-state index contributed by atoms with van der Waals surface area (Å²) in [4.78, 5) is 12.2. The summed E-state index contributed by atoms with van der Waals surface area (Å²) in [6.45, 7) is 1.80. The summed E-state index contributed by atoms with van der Waals surface area (Å²) in [5, 5.41) is 2.72. The lowest BCUT2D eigenvalue weighted by Crippen LogP contribution is -2.34. The van der Waals surface area contributed by atoms with Crippen LogP contribution in [0.1, 0.15) is 31.2 Å². The predicted molar refractivity (Wildman–Crippen MR) is 75.7 cm³/mol. The number of benzene rings is 1. The van der Waals surface area contributed by atoms with Gasteiger partial charge in [0.1, 0.15) is 0 Å². The highest BCUT2D eigenvalue weighted by Gasteiger charge is 2.43. The Balaban J connectivity index is 2.03. The van der Waals surface area contributed by atoms with Crippen LogP contribution >= 0.6 is 0 Å². The Morgan fingerprint density at radius 1 is 1.33 bits per heavy atom. The molecule has 1 aliphatic carbocycles. The molecule has 6 heteroatoms. The molecule has 0 aliphatic heterocycles. The number of alkyl halides is 3. The van der Waals surface area contributed by atoms with Crippen LogP contribution in [-0.2, 0) is 4.79 Å². The quantitative estimate of drug-likeness (QED) is 0.814. The molecule has 2 atom stereocenters. The molecule has 0 heterocycles. The van der Waals surface area contributed by atoms with Gasteiger partial charge < -0.3 is 11.1 Å². The molecule has 1 aromatic rings. The third-order valence-electron chi connectivity index (χ3n) is 4.02. The number of rotatable bonds is 2. The molecular weight excluding hydrogens is 281 g/mol. The first-order valence-electron chi connectivity index (χ1n) is 7.01. The fourth-order valence-corrected chi connectivity index (χ4v) is 2.79. The summed E-state index contributed by atoms with van der Waals surface area (Å²) >= 11 is 0. The van der Waals surface area contributed by atoms with Crippen molar-refractivity contribution in [3.63, 3.8) is 0 Å². The Morgan fingerprint density at radius 2 is 2.05 bits per heavy atom. The van der Waals surface area contributed by atoms with Gasteiger partial charge in [0.15, 0.2) is 0 Å². The molecule has 0 bridgehead atoms. The first kappa shape index (κ1) is 15.7. The third kappa shape index (κ3) is 3.89. The highest BCUT2D eigenvalue weighted by molar-refractivity contribution is 5.93. The lowest BCUT2D eigenvalue weighted by molar-refractivity contribution is -0.185. The Kier molecular flexibility index (Phi) is 4.44. The molecule has 0 radical (unpaired) electrons. The smallest absolute Gasteiger partial charge is 0.391 e. The molecule has 1 aliphatic rings. The zero-order valence-corrected chi connectivity index (χ0v) is 11.8. The fourth-order valence-electron chi connectivity index (χ4n) is 2.79. The highest BCUT2D eigenvalue weighted by atomic mass is 19.4. The summed E-state index contributed by atoms with van der Waals surface area (Å²) in [7, 11) is 0. The highest BCUT2D eigenvalue weighted by Crippen LogP contribution is 2.40. The van der Waals surface area contributed by atoms with Gasteiger partial charge in [-0.3, -0.25) is 4.79 Å². The number of amides is 1. The van der Waals surface area contributed by atoms with Crippen molar-refractivity contribution in [3.8, 4) is 0 Å². The maximum atomic E-state index is 12.8. The number of carbonyl (C=O) groups is 1. The summed E-state index contributed by atoms with van der Waals surface area (Å²) in [6.07, 6.45) is -3.27. The maximum Gasteiger partial charge on any atom is 0.391 e. The molecule has 0 spiro atoms. The van der Waals surface area contributed by atoms with E-state index in [4.69, 9.17) is 5.73 Å². The summed E-state index contributed by atoms with van der Waals surface area (Å²) in [5.41, 5.74) is 7.61. The van der Waals surface area contributed by atoms with Crippen LogP contribution in [0.15, 0.2) is 18.2 Å². The molecule has 3 nitrogen and oxygen atoms in total.